The Balaban J connectivity index is 1.85. The zero-order valence-corrected chi connectivity index (χ0v) is 16.7. The van der Waals surface area contributed by atoms with Crippen molar-refractivity contribution in [1.29, 1.82) is 0 Å². The number of hydrogen-bond donors (Lipinski definition) is 0. The highest BCUT2D eigenvalue weighted by molar-refractivity contribution is 7.13. The highest BCUT2D eigenvalue weighted by atomic mass is 32.1. The maximum atomic E-state index is 13.0. The van der Waals surface area contributed by atoms with E-state index in [2.05, 4.69) is 36.2 Å². The highest BCUT2D eigenvalue weighted by Crippen LogP contribution is 2.28. The summed E-state index contributed by atoms with van der Waals surface area (Å²) in [6.45, 7) is 7.95. The number of aryl methyl sites for hydroxylation is 4. The van der Waals surface area contributed by atoms with Gasteiger partial charge in [-0.1, -0.05) is 35.9 Å². The molecule has 27 heavy (non-hydrogen) atoms. The van der Waals surface area contributed by atoms with Gasteiger partial charge in [0.15, 0.2) is 5.78 Å². The van der Waals surface area contributed by atoms with Gasteiger partial charge in [0.2, 0.25) is 0 Å². The quantitative estimate of drug-likeness (QED) is 0.465. The van der Waals surface area contributed by atoms with Gasteiger partial charge in [0.25, 0.3) is 0 Å². The van der Waals surface area contributed by atoms with Gasteiger partial charge in [0.05, 0.1) is 33.4 Å². The minimum Gasteiger partial charge on any atom is -0.303 e. The second-order valence-electron chi connectivity index (χ2n) is 6.96. The molecule has 0 N–H and O–H groups in total. The topological polar surface area (TPSA) is 47.3 Å². The van der Waals surface area contributed by atoms with Gasteiger partial charge in [-0.15, -0.1) is 11.3 Å². The Morgan fingerprint density at radius 3 is 2.33 bits per heavy atom. The van der Waals surface area contributed by atoms with Gasteiger partial charge < -0.3 is 4.40 Å². The summed E-state index contributed by atoms with van der Waals surface area (Å²) in [7, 11) is 0. The summed E-state index contributed by atoms with van der Waals surface area (Å²) in [5.74, 6) is 0.0924. The van der Waals surface area contributed by atoms with Crippen molar-refractivity contribution in [2.45, 2.75) is 34.1 Å². The normalized spacial score (nSPS) is 11.3. The third kappa shape index (κ3) is 3.30. The number of fused-ring (bicyclic) bond motifs is 1. The number of aromatic nitrogens is 3. The molecule has 0 amide bonds. The molecule has 5 heteroatoms. The molecule has 0 fully saturated rings. The third-order valence-corrected chi connectivity index (χ3v) is 5.79. The molecular formula is C22H21N3OS. The lowest BCUT2D eigenvalue weighted by atomic mass is 10.0. The zero-order chi connectivity index (χ0) is 19.1. The van der Waals surface area contributed by atoms with E-state index in [1.807, 2.05) is 43.5 Å². The molecule has 0 spiro atoms. The standard InChI is InChI=1S/C22H21N3OS/c1-13-5-8-17(9-6-13)21-18(25-12-14(2)7-10-20(25)24-21)11-19(26)22-15(3)23-16(4)27-22/h5-10,12H,11H2,1-4H3. The summed E-state index contributed by atoms with van der Waals surface area (Å²) >= 11 is 1.47. The van der Waals surface area contributed by atoms with E-state index in [1.54, 1.807) is 0 Å². The Kier molecular flexibility index (Phi) is 4.40. The maximum absolute atomic E-state index is 13.0. The number of rotatable bonds is 4. The minimum atomic E-state index is 0.0924. The Morgan fingerprint density at radius 1 is 0.963 bits per heavy atom. The molecule has 4 aromatic rings. The lowest BCUT2D eigenvalue weighted by Crippen LogP contribution is -2.07. The Hall–Kier alpha value is -2.79. The number of Topliss-reactive ketones (excluding diaryl/α,β-unsaturated/α-hetero) is 1. The SMILES string of the molecule is Cc1ccc(-c2nc3ccc(C)cn3c2CC(=O)c2sc(C)nc2C)cc1. The van der Waals surface area contributed by atoms with E-state index in [0.717, 1.165) is 43.7 Å². The van der Waals surface area contributed by atoms with Crippen LogP contribution in [0.15, 0.2) is 42.6 Å². The second kappa shape index (κ2) is 6.74. The molecule has 0 saturated carbocycles. The minimum absolute atomic E-state index is 0.0924. The van der Waals surface area contributed by atoms with Crippen molar-refractivity contribution in [3.63, 3.8) is 0 Å². The van der Waals surface area contributed by atoms with Gasteiger partial charge in [0, 0.05) is 11.8 Å². The molecular weight excluding hydrogens is 354 g/mol. The molecule has 0 unspecified atom stereocenters. The van der Waals surface area contributed by atoms with Crippen molar-refractivity contribution in [3.05, 3.63) is 75.0 Å². The van der Waals surface area contributed by atoms with Gasteiger partial charge >= 0.3 is 0 Å². The third-order valence-electron chi connectivity index (χ3n) is 4.68. The van der Waals surface area contributed by atoms with Crippen LogP contribution in [0.4, 0.5) is 0 Å². The average molecular weight is 375 g/mol. The van der Waals surface area contributed by atoms with Crippen molar-refractivity contribution < 1.29 is 4.79 Å². The van der Waals surface area contributed by atoms with Gasteiger partial charge in [0.1, 0.15) is 5.65 Å². The first-order valence-electron chi connectivity index (χ1n) is 8.94. The van der Waals surface area contributed by atoms with Crippen LogP contribution in [-0.2, 0) is 6.42 Å². The lowest BCUT2D eigenvalue weighted by molar-refractivity contribution is 0.0995. The summed E-state index contributed by atoms with van der Waals surface area (Å²) in [5.41, 5.74) is 6.82. The molecule has 0 aliphatic rings. The molecule has 0 radical (unpaired) electrons. The summed E-state index contributed by atoms with van der Waals surface area (Å²) in [6, 6.07) is 12.3. The number of carbonyl (C=O) groups excluding carboxylic acids is 1. The van der Waals surface area contributed by atoms with Crippen LogP contribution in [0.2, 0.25) is 0 Å². The number of hydrogen-bond acceptors (Lipinski definition) is 4. The van der Waals surface area contributed by atoms with Crippen LogP contribution in [0.5, 0.6) is 0 Å². The van der Waals surface area contributed by atoms with E-state index >= 15 is 0 Å². The average Bonchev–Trinajstić information content (AvgIpc) is 3.15. The molecule has 0 saturated heterocycles. The van der Waals surface area contributed by atoms with Gasteiger partial charge in [-0.05, 0) is 39.3 Å². The monoisotopic (exact) mass is 375 g/mol. The first-order chi connectivity index (χ1) is 12.9. The molecule has 3 heterocycles. The van der Waals surface area contributed by atoms with Crippen molar-refractivity contribution in [2.75, 3.05) is 0 Å². The van der Waals surface area contributed by atoms with E-state index in [-0.39, 0.29) is 5.78 Å². The van der Waals surface area contributed by atoms with Gasteiger partial charge in [-0.25, -0.2) is 9.97 Å². The fraction of sp³-hybridized carbons (Fsp3) is 0.227. The van der Waals surface area contributed by atoms with Crippen LogP contribution in [0.1, 0.15) is 37.2 Å². The predicted octanol–water partition coefficient (Wildman–Crippen LogP) is 5.12. The van der Waals surface area contributed by atoms with Crippen LogP contribution in [0, 0.1) is 27.7 Å². The molecule has 136 valence electrons. The number of ketones is 1. The molecule has 0 atom stereocenters. The van der Waals surface area contributed by atoms with E-state index in [0.29, 0.717) is 6.42 Å². The highest BCUT2D eigenvalue weighted by Gasteiger charge is 2.21. The molecule has 3 aromatic heterocycles. The van der Waals surface area contributed by atoms with Crippen LogP contribution < -0.4 is 0 Å². The van der Waals surface area contributed by atoms with E-state index in [4.69, 9.17) is 4.98 Å². The first kappa shape index (κ1) is 17.6. The number of benzene rings is 1. The molecule has 4 nitrogen and oxygen atoms in total. The van der Waals surface area contributed by atoms with E-state index in [1.165, 1.54) is 16.9 Å². The van der Waals surface area contributed by atoms with Crippen molar-refractivity contribution in [1.82, 2.24) is 14.4 Å². The predicted molar refractivity (Wildman–Crippen MR) is 110 cm³/mol. The number of carbonyl (C=O) groups is 1. The van der Waals surface area contributed by atoms with E-state index in [9.17, 15) is 4.79 Å². The van der Waals surface area contributed by atoms with Crippen LogP contribution >= 0.6 is 11.3 Å². The lowest BCUT2D eigenvalue weighted by Gasteiger charge is -2.06. The molecule has 0 aliphatic carbocycles. The number of imidazole rings is 1. The fourth-order valence-corrected chi connectivity index (χ4v) is 4.19. The first-order valence-corrected chi connectivity index (χ1v) is 9.76. The number of nitrogens with zero attached hydrogens (tertiary/aromatic N) is 3. The molecule has 0 aliphatic heterocycles. The maximum Gasteiger partial charge on any atom is 0.180 e. The summed E-state index contributed by atoms with van der Waals surface area (Å²) < 4.78 is 2.05. The van der Waals surface area contributed by atoms with Crippen molar-refractivity contribution >= 4 is 22.8 Å². The fourth-order valence-electron chi connectivity index (χ4n) is 3.33. The van der Waals surface area contributed by atoms with Crippen LogP contribution in [0.3, 0.4) is 0 Å². The van der Waals surface area contributed by atoms with Gasteiger partial charge in [-0.2, -0.15) is 0 Å². The van der Waals surface area contributed by atoms with Crippen LogP contribution in [-0.4, -0.2) is 20.2 Å². The van der Waals surface area contributed by atoms with Gasteiger partial charge in [-0.3, -0.25) is 4.79 Å². The molecule has 1 aromatic carbocycles. The summed E-state index contributed by atoms with van der Waals surface area (Å²) in [4.78, 5) is 23.0. The number of thiazole rings is 1. The second-order valence-corrected chi connectivity index (χ2v) is 8.16. The van der Waals surface area contributed by atoms with Crippen molar-refractivity contribution in [3.8, 4) is 11.3 Å². The number of pyridine rings is 1. The van der Waals surface area contributed by atoms with Crippen molar-refractivity contribution in [2.24, 2.45) is 0 Å². The van der Waals surface area contributed by atoms with E-state index < -0.39 is 0 Å². The molecule has 4 rings (SSSR count). The smallest absolute Gasteiger partial charge is 0.180 e. The Morgan fingerprint density at radius 2 is 1.67 bits per heavy atom. The van der Waals surface area contributed by atoms with Crippen LogP contribution in [0.25, 0.3) is 16.9 Å². The Bertz CT molecular complexity index is 1150. The zero-order valence-electron chi connectivity index (χ0n) is 15.9. The molecule has 0 bridgehead atoms. The Labute approximate surface area is 162 Å². The summed E-state index contributed by atoms with van der Waals surface area (Å²) in [5, 5.41) is 0.920. The largest absolute Gasteiger partial charge is 0.303 e. The summed E-state index contributed by atoms with van der Waals surface area (Å²) in [6.07, 6.45) is 2.35.